The van der Waals surface area contributed by atoms with Gasteiger partial charge in [0.25, 0.3) is 5.91 Å². The fourth-order valence-corrected chi connectivity index (χ4v) is 3.81. The third kappa shape index (κ3) is 4.01. The second-order valence-corrected chi connectivity index (χ2v) is 7.45. The lowest BCUT2D eigenvalue weighted by molar-refractivity contribution is -0.120. The van der Waals surface area contributed by atoms with Crippen LogP contribution >= 0.6 is 11.8 Å². The normalized spacial score (nSPS) is 16.0. The lowest BCUT2D eigenvalue weighted by Gasteiger charge is -2.09. The second kappa shape index (κ2) is 7.77. The van der Waals surface area contributed by atoms with E-state index in [0.29, 0.717) is 5.76 Å². The molecule has 1 aromatic carbocycles. The summed E-state index contributed by atoms with van der Waals surface area (Å²) < 4.78 is 5.45. The van der Waals surface area contributed by atoms with E-state index in [1.807, 2.05) is 43.5 Å². The molecule has 1 fully saturated rings. The smallest absolute Gasteiger partial charge is 0.322 e. The van der Waals surface area contributed by atoms with Gasteiger partial charge < -0.3 is 15.1 Å². The summed E-state index contributed by atoms with van der Waals surface area (Å²) in [6, 6.07) is 12.5. The molecule has 28 heavy (non-hydrogen) atoms. The third-order valence-corrected chi connectivity index (χ3v) is 5.30. The quantitative estimate of drug-likeness (QED) is 0.553. The number of amides is 3. The van der Waals surface area contributed by atoms with Crippen molar-refractivity contribution in [3.8, 4) is 0 Å². The number of furan rings is 1. The number of nitrogens with one attached hydrogen (secondary N) is 3. The van der Waals surface area contributed by atoms with Gasteiger partial charge in [0.05, 0.1) is 11.2 Å². The van der Waals surface area contributed by atoms with Gasteiger partial charge in [-0.1, -0.05) is 11.8 Å². The number of carbonyl (C=O) groups is 2. The van der Waals surface area contributed by atoms with E-state index >= 15 is 0 Å². The van der Waals surface area contributed by atoms with Gasteiger partial charge in [-0.2, -0.15) is 0 Å². The predicted molar refractivity (Wildman–Crippen MR) is 105 cm³/mol. The number of aryl methyl sites for hydroxylation is 1. The Kier molecular flexibility index (Phi) is 5.03. The maximum absolute atomic E-state index is 11.9. The molecule has 0 radical (unpaired) electrons. The summed E-state index contributed by atoms with van der Waals surface area (Å²) in [6.45, 7) is 2.69. The van der Waals surface area contributed by atoms with Crippen LogP contribution in [0.3, 0.4) is 0 Å². The summed E-state index contributed by atoms with van der Waals surface area (Å²) in [5, 5.41) is 8.16. The van der Waals surface area contributed by atoms with Crippen LogP contribution in [0, 0.1) is 6.92 Å². The molecule has 1 unspecified atom stereocenters. The van der Waals surface area contributed by atoms with Crippen molar-refractivity contribution in [1.29, 1.82) is 0 Å². The Morgan fingerprint density at radius 2 is 2.00 bits per heavy atom. The molecule has 0 aliphatic carbocycles. The van der Waals surface area contributed by atoms with Crippen LogP contribution in [0.15, 0.2) is 69.1 Å². The van der Waals surface area contributed by atoms with E-state index in [1.54, 1.807) is 6.07 Å². The van der Waals surface area contributed by atoms with Crippen LogP contribution in [-0.2, 0) is 11.3 Å². The minimum atomic E-state index is -0.797. The van der Waals surface area contributed by atoms with Crippen LogP contribution in [-0.4, -0.2) is 16.9 Å². The Morgan fingerprint density at radius 1 is 1.18 bits per heavy atom. The van der Waals surface area contributed by atoms with Gasteiger partial charge in [0, 0.05) is 29.0 Å². The molecule has 0 bridgehead atoms. The first kappa shape index (κ1) is 18.1. The van der Waals surface area contributed by atoms with Crippen molar-refractivity contribution < 1.29 is 14.0 Å². The van der Waals surface area contributed by atoms with Crippen molar-refractivity contribution in [3.05, 3.63) is 71.9 Å². The third-order valence-electron chi connectivity index (χ3n) is 4.23. The predicted octanol–water partition coefficient (Wildman–Crippen LogP) is 3.63. The molecule has 142 valence electrons. The van der Waals surface area contributed by atoms with Crippen molar-refractivity contribution in [2.24, 2.45) is 0 Å². The van der Waals surface area contributed by atoms with Gasteiger partial charge in [-0.15, -0.1) is 0 Å². The van der Waals surface area contributed by atoms with E-state index in [4.69, 9.17) is 4.42 Å². The van der Waals surface area contributed by atoms with Crippen LogP contribution in [0.25, 0.3) is 0 Å². The largest absolute Gasteiger partial charge is 0.465 e. The molecule has 1 saturated heterocycles. The Balaban J connectivity index is 1.41. The number of benzene rings is 1. The summed E-state index contributed by atoms with van der Waals surface area (Å²) in [5.41, 5.74) is 3.17. The van der Waals surface area contributed by atoms with Crippen molar-refractivity contribution in [2.45, 2.75) is 29.3 Å². The zero-order chi connectivity index (χ0) is 19.5. The number of carbonyl (C=O) groups excluding carboxylic acids is 2. The molecular formula is C20H18N4O3S. The average Bonchev–Trinajstić information content (AvgIpc) is 3.26. The van der Waals surface area contributed by atoms with Gasteiger partial charge in [0.1, 0.15) is 5.76 Å². The van der Waals surface area contributed by atoms with Crippen LogP contribution in [0.2, 0.25) is 0 Å². The molecule has 3 N–H and O–H groups in total. The number of hydrogen-bond acceptors (Lipinski definition) is 6. The number of urea groups is 1. The lowest BCUT2D eigenvalue weighted by Crippen LogP contribution is -2.22. The summed E-state index contributed by atoms with van der Waals surface area (Å²) in [4.78, 5) is 29.2. The van der Waals surface area contributed by atoms with Crippen LogP contribution in [0.1, 0.15) is 23.1 Å². The molecule has 1 atom stereocenters. The minimum absolute atomic E-state index is 0.410. The summed E-state index contributed by atoms with van der Waals surface area (Å²) in [5.74, 6) is 0.0244. The maximum Gasteiger partial charge on any atom is 0.322 e. The molecule has 3 amide bonds. The average molecular weight is 394 g/mol. The number of imide groups is 1. The van der Waals surface area contributed by atoms with Crippen LogP contribution in [0.5, 0.6) is 0 Å². The van der Waals surface area contributed by atoms with E-state index in [1.165, 1.54) is 23.6 Å². The van der Waals surface area contributed by atoms with Crippen LogP contribution in [0.4, 0.5) is 10.5 Å². The fraction of sp³-hybridized carbons (Fsp3) is 0.150. The Bertz CT molecular complexity index is 1020. The highest BCUT2D eigenvalue weighted by molar-refractivity contribution is 7.99. The first-order chi connectivity index (χ1) is 13.6. The molecule has 0 spiro atoms. The maximum atomic E-state index is 11.9. The van der Waals surface area contributed by atoms with Crippen molar-refractivity contribution in [2.75, 3.05) is 5.32 Å². The number of hydrogen-bond donors (Lipinski definition) is 3. The molecule has 4 rings (SSSR count). The SMILES string of the molecule is Cc1cc(CNc2ccc(Sc3ccoc3C3NC(=O)NC3=O)cc2)ccn1. The van der Waals surface area contributed by atoms with Crippen molar-refractivity contribution in [3.63, 3.8) is 0 Å². The number of pyridine rings is 1. The highest BCUT2D eigenvalue weighted by Gasteiger charge is 2.35. The highest BCUT2D eigenvalue weighted by Crippen LogP contribution is 2.35. The Labute approximate surface area is 165 Å². The number of aromatic nitrogens is 1. The van der Waals surface area contributed by atoms with Gasteiger partial charge in [0.15, 0.2) is 6.04 Å². The van der Waals surface area contributed by atoms with E-state index in [9.17, 15) is 9.59 Å². The fourth-order valence-electron chi connectivity index (χ4n) is 2.89. The van der Waals surface area contributed by atoms with Gasteiger partial charge in [0.2, 0.25) is 0 Å². The Morgan fingerprint density at radius 3 is 2.71 bits per heavy atom. The van der Waals surface area contributed by atoms with E-state index in [0.717, 1.165) is 27.7 Å². The second-order valence-electron chi connectivity index (χ2n) is 6.33. The molecule has 0 saturated carbocycles. The minimum Gasteiger partial charge on any atom is -0.465 e. The standard InChI is InChI=1S/C20H18N4O3S/c1-12-10-13(6-8-21-12)11-22-14-2-4-15(5-3-14)28-16-7-9-27-18(16)17-19(25)24-20(26)23-17/h2-10,17,22H,11H2,1H3,(H2,23,24,25,26). The molecule has 1 aliphatic rings. The lowest BCUT2D eigenvalue weighted by atomic mass is 10.2. The van der Waals surface area contributed by atoms with Gasteiger partial charge >= 0.3 is 6.03 Å². The molecular weight excluding hydrogens is 376 g/mol. The van der Waals surface area contributed by atoms with E-state index in [2.05, 4.69) is 27.0 Å². The molecule has 7 nitrogen and oxygen atoms in total. The first-order valence-electron chi connectivity index (χ1n) is 8.70. The highest BCUT2D eigenvalue weighted by atomic mass is 32.2. The van der Waals surface area contributed by atoms with E-state index < -0.39 is 18.0 Å². The van der Waals surface area contributed by atoms with Crippen LogP contribution < -0.4 is 16.0 Å². The zero-order valence-corrected chi connectivity index (χ0v) is 15.9. The molecule has 8 heteroatoms. The Hall–Kier alpha value is -3.26. The monoisotopic (exact) mass is 394 g/mol. The van der Waals surface area contributed by atoms with Crippen molar-refractivity contribution in [1.82, 2.24) is 15.6 Å². The van der Waals surface area contributed by atoms with Crippen molar-refractivity contribution >= 4 is 29.4 Å². The molecule has 3 heterocycles. The molecule has 3 aromatic rings. The number of anilines is 1. The molecule has 2 aromatic heterocycles. The summed E-state index contributed by atoms with van der Waals surface area (Å²) in [6.07, 6.45) is 3.32. The van der Waals surface area contributed by atoms with Gasteiger partial charge in [-0.3, -0.25) is 15.1 Å². The van der Waals surface area contributed by atoms with E-state index in [-0.39, 0.29) is 0 Å². The summed E-state index contributed by atoms with van der Waals surface area (Å²) >= 11 is 1.48. The van der Waals surface area contributed by atoms with Gasteiger partial charge in [-0.05, 0) is 55.0 Å². The summed E-state index contributed by atoms with van der Waals surface area (Å²) in [7, 11) is 0. The number of nitrogens with zero attached hydrogens (tertiary/aromatic N) is 1. The van der Waals surface area contributed by atoms with Gasteiger partial charge in [-0.25, -0.2) is 4.79 Å². The topological polar surface area (TPSA) is 96.3 Å². The number of rotatable bonds is 6. The first-order valence-corrected chi connectivity index (χ1v) is 9.52. The zero-order valence-electron chi connectivity index (χ0n) is 15.1. The molecule has 1 aliphatic heterocycles.